The summed E-state index contributed by atoms with van der Waals surface area (Å²) in [4.78, 5) is 0. The molecule has 0 aromatic heterocycles. The van der Waals surface area contributed by atoms with Crippen LogP contribution in [0.15, 0.2) is 12.7 Å². The summed E-state index contributed by atoms with van der Waals surface area (Å²) in [6.45, 7) is 3.82. The number of alkyl halides is 1. The summed E-state index contributed by atoms with van der Waals surface area (Å²) in [5.41, 5.74) is 0. The van der Waals surface area contributed by atoms with Crippen LogP contribution in [-0.2, 0) is 0 Å². The third-order valence-corrected chi connectivity index (χ3v) is 3.73. The summed E-state index contributed by atoms with van der Waals surface area (Å²) in [5, 5.41) is 0. The third-order valence-electron chi connectivity index (χ3n) is 3.46. The first-order valence-electron chi connectivity index (χ1n) is 6.03. The highest BCUT2D eigenvalue weighted by Crippen LogP contribution is 2.33. The average Bonchev–Trinajstić information content (AvgIpc) is 2.21. The summed E-state index contributed by atoms with van der Waals surface area (Å²) >= 11 is 5.67. The molecule has 1 rings (SSSR count). The fourth-order valence-electron chi connectivity index (χ4n) is 2.52. The van der Waals surface area contributed by atoms with Crippen LogP contribution in [0.1, 0.15) is 51.4 Å². The fraction of sp³-hybridized carbons (Fsp3) is 0.846. The van der Waals surface area contributed by atoms with Crippen LogP contribution in [0.4, 0.5) is 0 Å². The number of allylic oxidation sites excluding steroid dienone is 1. The Morgan fingerprint density at radius 2 is 1.71 bits per heavy atom. The van der Waals surface area contributed by atoms with Gasteiger partial charge in [0.2, 0.25) is 0 Å². The van der Waals surface area contributed by atoms with Crippen LogP contribution in [0.2, 0.25) is 0 Å². The molecule has 0 N–H and O–H groups in total. The zero-order chi connectivity index (χ0) is 10.2. The smallest absolute Gasteiger partial charge is 0.0223 e. The molecule has 0 aliphatic heterocycles. The maximum Gasteiger partial charge on any atom is 0.0223 e. The Hall–Kier alpha value is 0.0300. The Balaban J connectivity index is 2.06. The van der Waals surface area contributed by atoms with Crippen LogP contribution in [0.3, 0.4) is 0 Å². The van der Waals surface area contributed by atoms with Crippen LogP contribution in [0.25, 0.3) is 0 Å². The lowest BCUT2D eigenvalue weighted by Crippen LogP contribution is -2.14. The highest BCUT2D eigenvalue weighted by Gasteiger charge is 2.19. The maximum atomic E-state index is 5.67. The van der Waals surface area contributed by atoms with E-state index in [-0.39, 0.29) is 0 Å². The largest absolute Gasteiger partial charge is 0.127 e. The molecule has 1 fully saturated rings. The van der Waals surface area contributed by atoms with E-state index in [1.54, 1.807) is 0 Å². The molecule has 0 radical (unpaired) electrons. The Morgan fingerprint density at radius 1 is 1.07 bits per heavy atom. The van der Waals surface area contributed by atoms with E-state index in [1.807, 2.05) is 0 Å². The Kier molecular flexibility index (Phi) is 6.34. The van der Waals surface area contributed by atoms with Crippen LogP contribution in [0, 0.1) is 11.8 Å². The Morgan fingerprint density at radius 3 is 2.29 bits per heavy atom. The van der Waals surface area contributed by atoms with E-state index in [4.69, 9.17) is 11.6 Å². The SMILES string of the molecule is C=CC[C@H]1CC[C@H](CCCCCl)CC1. The summed E-state index contributed by atoms with van der Waals surface area (Å²) in [7, 11) is 0. The molecule has 1 heteroatoms. The van der Waals surface area contributed by atoms with Crippen molar-refractivity contribution in [2.24, 2.45) is 11.8 Å². The van der Waals surface area contributed by atoms with E-state index in [1.165, 1.54) is 51.4 Å². The van der Waals surface area contributed by atoms with E-state index < -0.39 is 0 Å². The highest BCUT2D eigenvalue weighted by atomic mass is 35.5. The highest BCUT2D eigenvalue weighted by molar-refractivity contribution is 6.17. The molecule has 0 unspecified atom stereocenters. The van der Waals surface area contributed by atoms with Crippen molar-refractivity contribution in [1.82, 2.24) is 0 Å². The van der Waals surface area contributed by atoms with Crippen molar-refractivity contribution in [3.8, 4) is 0 Å². The summed E-state index contributed by atoms with van der Waals surface area (Å²) in [5.74, 6) is 2.78. The molecule has 0 saturated heterocycles. The number of hydrogen-bond donors (Lipinski definition) is 0. The molecular weight excluding hydrogens is 192 g/mol. The third kappa shape index (κ3) is 4.50. The van der Waals surface area contributed by atoms with Gasteiger partial charge in [0, 0.05) is 5.88 Å². The van der Waals surface area contributed by atoms with Crippen molar-refractivity contribution in [3.63, 3.8) is 0 Å². The molecule has 0 bridgehead atoms. The van der Waals surface area contributed by atoms with Gasteiger partial charge in [-0.1, -0.05) is 31.8 Å². The normalized spacial score (nSPS) is 27.5. The zero-order valence-electron chi connectivity index (χ0n) is 9.18. The topological polar surface area (TPSA) is 0 Å². The summed E-state index contributed by atoms with van der Waals surface area (Å²) in [6.07, 6.45) is 13.0. The molecule has 1 saturated carbocycles. The lowest BCUT2D eigenvalue weighted by molar-refractivity contribution is 0.261. The van der Waals surface area contributed by atoms with Gasteiger partial charge in [-0.05, 0) is 37.5 Å². The molecule has 1 aliphatic carbocycles. The van der Waals surface area contributed by atoms with Crippen LogP contribution in [0.5, 0.6) is 0 Å². The van der Waals surface area contributed by atoms with E-state index in [0.29, 0.717) is 0 Å². The van der Waals surface area contributed by atoms with E-state index >= 15 is 0 Å². The Bertz CT molecular complexity index is 145. The molecule has 82 valence electrons. The van der Waals surface area contributed by atoms with Crippen molar-refractivity contribution in [1.29, 1.82) is 0 Å². The van der Waals surface area contributed by atoms with Crippen LogP contribution in [-0.4, -0.2) is 5.88 Å². The van der Waals surface area contributed by atoms with Gasteiger partial charge in [0.1, 0.15) is 0 Å². The minimum atomic E-state index is 0.839. The lowest BCUT2D eigenvalue weighted by Gasteiger charge is -2.27. The molecule has 0 atom stereocenters. The monoisotopic (exact) mass is 214 g/mol. The summed E-state index contributed by atoms with van der Waals surface area (Å²) in [6, 6.07) is 0. The molecule has 0 aromatic carbocycles. The molecule has 0 heterocycles. The number of rotatable bonds is 6. The number of hydrogen-bond acceptors (Lipinski definition) is 0. The van der Waals surface area contributed by atoms with Gasteiger partial charge in [-0.2, -0.15) is 0 Å². The number of halogens is 1. The molecular formula is C13H23Cl. The van der Waals surface area contributed by atoms with Gasteiger partial charge in [-0.15, -0.1) is 18.2 Å². The predicted molar refractivity (Wildman–Crippen MR) is 64.8 cm³/mol. The van der Waals surface area contributed by atoms with E-state index in [2.05, 4.69) is 12.7 Å². The van der Waals surface area contributed by atoms with Gasteiger partial charge in [0.05, 0.1) is 0 Å². The van der Waals surface area contributed by atoms with Gasteiger partial charge >= 0.3 is 0 Å². The van der Waals surface area contributed by atoms with Gasteiger partial charge < -0.3 is 0 Å². The fourth-order valence-corrected chi connectivity index (χ4v) is 2.71. The quantitative estimate of drug-likeness (QED) is 0.339. The molecule has 14 heavy (non-hydrogen) atoms. The van der Waals surface area contributed by atoms with Gasteiger partial charge in [0.25, 0.3) is 0 Å². The van der Waals surface area contributed by atoms with Crippen molar-refractivity contribution < 1.29 is 0 Å². The molecule has 1 aliphatic rings. The van der Waals surface area contributed by atoms with Gasteiger partial charge in [-0.3, -0.25) is 0 Å². The lowest BCUT2D eigenvalue weighted by atomic mass is 9.79. The Labute approximate surface area is 93.7 Å². The van der Waals surface area contributed by atoms with Crippen molar-refractivity contribution in [2.45, 2.75) is 51.4 Å². The summed E-state index contributed by atoms with van der Waals surface area (Å²) < 4.78 is 0. The number of unbranched alkanes of at least 4 members (excludes halogenated alkanes) is 1. The van der Waals surface area contributed by atoms with Crippen LogP contribution < -0.4 is 0 Å². The first kappa shape index (κ1) is 12.1. The van der Waals surface area contributed by atoms with Gasteiger partial charge in [0.15, 0.2) is 0 Å². The van der Waals surface area contributed by atoms with E-state index in [0.717, 1.165) is 17.7 Å². The minimum Gasteiger partial charge on any atom is -0.127 e. The van der Waals surface area contributed by atoms with Crippen molar-refractivity contribution in [2.75, 3.05) is 5.88 Å². The second-order valence-corrected chi connectivity index (χ2v) is 4.97. The molecule has 0 aromatic rings. The molecule has 0 spiro atoms. The van der Waals surface area contributed by atoms with Gasteiger partial charge in [-0.25, -0.2) is 0 Å². The van der Waals surface area contributed by atoms with Crippen molar-refractivity contribution >= 4 is 11.6 Å². The van der Waals surface area contributed by atoms with Crippen molar-refractivity contribution in [3.05, 3.63) is 12.7 Å². The second kappa shape index (κ2) is 7.34. The van der Waals surface area contributed by atoms with Crippen LogP contribution >= 0.6 is 11.6 Å². The minimum absolute atomic E-state index is 0.839. The zero-order valence-corrected chi connectivity index (χ0v) is 9.94. The first-order chi connectivity index (χ1) is 6.86. The second-order valence-electron chi connectivity index (χ2n) is 4.60. The maximum absolute atomic E-state index is 5.67. The average molecular weight is 215 g/mol. The predicted octanol–water partition coefficient (Wildman–Crippen LogP) is 4.78. The standard InChI is InChI=1S/C13H23Cl/c1-2-5-12-7-9-13(10-8-12)6-3-4-11-14/h2,12-13H,1,3-11H2/t12-,13-. The first-order valence-corrected chi connectivity index (χ1v) is 6.57. The van der Waals surface area contributed by atoms with E-state index in [9.17, 15) is 0 Å². The molecule has 0 amide bonds. The molecule has 0 nitrogen and oxygen atoms in total.